The number of hydrogen-bond donors (Lipinski definition) is 0. The van der Waals surface area contributed by atoms with E-state index >= 15 is 0 Å². The van der Waals surface area contributed by atoms with Crippen LogP contribution in [0.5, 0.6) is 0 Å². The summed E-state index contributed by atoms with van der Waals surface area (Å²) in [5.74, 6) is 4.34. The lowest BCUT2D eigenvalue weighted by molar-refractivity contribution is 0.211. The van der Waals surface area contributed by atoms with Crippen LogP contribution in [0, 0.1) is 23.7 Å². The molecule has 0 spiro atoms. The molecule has 0 aliphatic rings. The quantitative estimate of drug-likeness (QED) is 0.311. The third-order valence-corrected chi connectivity index (χ3v) is 7.57. The van der Waals surface area contributed by atoms with Crippen molar-refractivity contribution in [3.63, 3.8) is 0 Å². The molecular formula is C18H35OSi. The molecule has 1 unspecified atom stereocenters. The Morgan fingerprint density at radius 1 is 1.20 bits per heavy atom. The molecule has 0 fully saturated rings. The highest BCUT2D eigenvalue weighted by Crippen LogP contribution is 2.46. The van der Waals surface area contributed by atoms with Gasteiger partial charge in [0, 0.05) is 0 Å². The number of hydrogen-bond acceptors (Lipinski definition) is 1. The van der Waals surface area contributed by atoms with Gasteiger partial charge in [0.2, 0.25) is 0 Å². The molecule has 0 rings (SSSR count). The molecule has 0 aliphatic heterocycles. The van der Waals surface area contributed by atoms with E-state index in [0.717, 1.165) is 6.42 Å². The Kier molecular flexibility index (Phi) is 8.14. The van der Waals surface area contributed by atoms with Gasteiger partial charge in [-0.2, -0.15) is 0 Å². The summed E-state index contributed by atoms with van der Waals surface area (Å²) >= 11 is 0. The number of terminal acetylenes is 1. The maximum atomic E-state index is 6.47. The summed E-state index contributed by atoms with van der Waals surface area (Å²) in [5, 5.41) is 0. The van der Waals surface area contributed by atoms with Gasteiger partial charge in [-0.3, -0.25) is 0 Å². The highest BCUT2D eigenvalue weighted by molar-refractivity contribution is 6.73. The van der Waals surface area contributed by atoms with Crippen LogP contribution < -0.4 is 0 Å². The summed E-state index contributed by atoms with van der Waals surface area (Å²) in [4.78, 5) is 0. The van der Waals surface area contributed by atoms with E-state index in [4.69, 9.17) is 10.8 Å². The lowest BCUT2D eigenvalue weighted by Crippen LogP contribution is -2.46. The lowest BCUT2D eigenvalue weighted by Gasteiger charge is -2.44. The molecule has 1 radical (unpaired) electrons. The van der Waals surface area contributed by atoms with Crippen LogP contribution in [-0.2, 0) is 4.43 Å². The molecule has 0 aromatic heterocycles. The summed E-state index contributed by atoms with van der Waals surface area (Å²) in [5.41, 5.74) is 0.758. The standard InChI is InChI=1S/C18H35OSi/c1-10-12-13-14-16(11-2)19-20(8,9)17(15(3)4)18(5,6)7/h2,16-17H,10,12-14H2,1,3-9H3/t16-,17?/m1/s1. The maximum Gasteiger partial charge on any atom is 0.192 e. The van der Waals surface area contributed by atoms with Crippen LogP contribution in [0.4, 0.5) is 0 Å². The van der Waals surface area contributed by atoms with Gasteiger partial charge in [-0.15, -0.1) is 6.42 Å². The minimum atomic E-state index is -1.86. The van der Waals surface area contributed by atoms with Gasteiger partial charge in [-0.05, 0) is 42.8 Å². The highest BCUT2D eigenvalue weighted by Gasteiger charge is 2.44. The second-order valence-corrected chi connectivity index (χ2v) is 11.8. The minimum absolute atomic E-state index is 0.00702. The van der Waals surface area contributed by atoms with E-state index in [1.807, 2.05) is 0 Å². The SMILES string of the molecule is C#C[C@H](CCCCC)O[Si](C)(C)C([C](C)C)C(C)(C)C. The molecule has 0 heterocycles. The zero-order valence-corrected chi connectivity index (χ0v) is 16.0. The zero-order chi connectivity index (χ0) is 16.0. The molecule has 117 valence electrons. The van der Waals surface area contributed by atoms with Crippen molar-refractivity contribution >= 4 is 8.32 Å². The van der Waals surface area contributed by atoms with E-state index in [0.29, 0.717) is 5.54 Å². The van der Waals surface area contributed by atoms with Crippen molar-refractivity contribution < 1.29 is 4.43 Å². The van der Waals surface area contributed by atoms with E-state index in [-0.39, 0.29) is 11.5 Å². The monoisotopic (exact) mass is 295 g/mol. The van der Waals surface area contributed by atoms with E-state index < -0.39 is 8.32 Å². The van der Waals surface area contributed by atoms with Gasteiger partial charge in [-0.1, -0.05) is 60.3 Å². The molecule has 2 heteroatoms. The van der Waals surface area contributed by atoms with Crippen molar-refractivity contribution in [3.8, 4) is 12.3 Å². The third kappa shape index (κ3) is 6.46. The van der Waals surface area contributed by atoms with Crippen LogP contribution in [0.2, 0.25) is 18.6 Å². The molecule has 0 aliphatic carbocycles. The van der Waals surface area contributed by atoms with Gasteiger partial charge in [0.1, 0.15) is 6.10 Å². The molecule has 1 nitrogen and oxygen atoms in total. The van der Waals surface area contributed by atoms with Gasteiger partial charge in [-0.25, -0.2) is 0 Å². The fraction of sp³-hybridized carbons (Fsp3) is 0.833. The largest absolute Gasteiger partial charge is 0.404 e. The first-order valence-corrected chi connectivity index (χ1v) is 11.0. The van der Waals surface area contributed by atoms with E-state index in [1.165, 1.54) is 25.2 Å². The minimum Gasteiger partial charge on any atom is -0.404 e. The summed E-state index contributed by atoms with van der Waals surface area (Å²) in [7, 11) is -1.86. The molecule has 0 bridgehead atoms. The molecule has 20 heavy (non-hydrogen) atoms. The summed E-state index contributed by atoms with van der Waals surface area (Å²) in [6.07, 6.45) is 10.3. The van der Waals surface area contributed by atoms with Crippen LogP contribution in [0.25, 0.3) is 0 Å². The Labute approximate surface area is 129 Å². The average Bonchev–Trinajstić information content (AvgIpc) is 2.24. The van der Waals surface area contributed by atoms with Crippen LogP contribution in [0.3, 0.4) is 0 Å². The van der Waals surface area contributed by atoms with Crippen molar-refractivity contribution in [2.75, 3.05) is 0 Å². The van der Waals surface area contributed by atoms with E-state index in [9.17, 15) is 0 Å². The first-order chi connectivity index (χ1) is 9.06. The lowest BCUT2D eigenvalue weighted by atomic mass is 9.85. The maximum absolute atomic E-state index is 6.47. The predicted octanol–water partition coefficient (Wildman–Crippen LogP) is 5.82. The molecule has 2 atom stereocenters. The molecule has 0 aromatic carbocycles. The molecule has 0 amide bonds. The van der Waals surface area contributed by atoms with Crippen molar-refractivity contribution in [3.05, 3.63) is 5.92 Å². The topological polar surface area (TPSA) is 9.23 Å². The van der Waals surface area contributed by atoms with Gasteiger partial charge in [0.25, 0.3) is 0 Å². The molecule has 0 N–H and O–H groups in total. The van der Waals surface area contributed by atoms with E-state index in [1.54, 1.807) is 0 Å². The summed E-state index contributed by atoms with van der Waals surface area (Å²) < 4.78 is 6.47. The van der Waals surface area contributed by atoms with Crippen LogP contribution in [0.15, 0.2) is 0 Å². The van der Waals surface area contributed by atoms with Crippen molar-refractivity contribution in [1.29, 1.82) is 0 Å². The Morgan fingerprint density at radius 3 is 2.10 bits per heavy atom. The van der Waals surface area contributed by atoms with E-state index in [2.05, 4.69) is 60.6 Å². The summed E-state index contributed by atoms with van der Waals surface area (Å²) in [6, 6.07) is 0. The Hall–Kier alpha value is -0.263. The van der Waals surface area contributed by atoms with Crippen molar-refractivity contribution in [2.24, 2.45) is 5.41 Å². The second kappa shape index (κ2) is 8.25. The van der Waals surface area contributed by atoms with Gasteiger partial charge >= 0.3 is 0 Å². The Bertz CT molecular complexity index is 306. The normalized spacial score (nSPS) is 16.0. The third-order valence-electron chi connectivity index (χ3n) is 3.84. The van der Waals surface area contributed by atoms with Crippen LogP contribution in [-0.4, -0.2) is 14.4 Å². The Morgan fingerprint density at radius 2 is 1.75 bits per heavy atom. The van der Waals surface area contributed by atoms with Crippen molar-refractivity contribution in [1.82, 2.24) is 0 Å². The van der Waals surface area contributed by atoms with Gasteiger partial charge in [0.05, 0.1) is 0 Å². The first-order valence-electron chi connectivity index (χ1n) is 8.00. The van der Waals surface area contributed by atoms with Gasteiger partial charge < -0.3 is 4.43 Å². The first kappa shape index (κ1) is 19.7. The fourth-order valence-corrected chi connectivity index (χ4v) is 8.33. The molecule has 0 saturated heterocycles. The predicted molar refractivity (Wildman–Crippen MR) is 93.1 cm³/mol. The Balaban J connectivity index is 4.87. The molecule has 0 saturated carbocycles. The second-order valence-electron chi connectivity index (χ2n) is 7.75. The molecular weight excluding hydrogens is 260 g/mol. The highest BCUT2D eigenvalue weighted by atomic mass is 28.4. The smallest absolute Gasteiger partial charge is 0.192 e. The zero-order valence-electron chi connectivity index (χ0n) is 15.0. The number of unbranched alkanes of at least 4 members (excludes halogenated alkanes) is 2. The molecule has 0 aromatic rings. The fourth-order valence-electron chi connectivity index (χ4n) is 3.79. The van der Waals surface area contributed by atoms with Crippen molar-refractivity contribution in [2.45, 2.75) is 92.0 Å². The number of rotatable bonds is 8. The van der Waals surface area contributed by atoms with Gasteiger partial charge in [0.15, 0.2) is 8.32 Å². The summed E-state index contributed by atoms with van der Waals surface area (Å²) in [6.45, 7) is 18.3. The van der Waals surface area contributed by atoms with Crippen LogP contribution >= 0.6 is 0 Å². The average molecular weight is 296 g/mol. The van der Waals surface area contributed by atoms with Crippen LogP contribution in [0.1, 0.15) is 67.2 Å².